The number of oxazole rings is 1. The van der Waals surface area contributed by atoms with Gasteiger partial charge in [0, 0.05) is 19.4 Å². The first kappa shape index (κ1) is 22.0. The number of nitrogens with zero attached hydrogens (tertiary/aromatic N) is 1. The Kier molecular flexibility index (Phi) is 7.60. The molecule has 1 aromatic carbocycles. The van der Waals surface area contributed by atoms with Gasteiger partial charge in [0.15, 0.2) is 11.7 Å². The monoisotopic (exact) mass is 415 g/mol. The van der Waals surface area contributed by atoms with Crippen LogP contribution in [0.15, 0.2) is 34.9 Å². The number of aryl methyl sites for hydroxylation is 1. The molecule has 1 aliphatic rings. The first-order valence-electron chi connectivity index (χ1n) is 10.8. The standard InChI is InChI=1S/C23H30FN3O3/c1-2-3-15-25-22(29)23(13-7-4-8-14-23)27-20(28)11-12-21-26-16-19(30-21)17-9-5-6-10-18(17)24/h5-6,9-10,16H,2-4,7-8,11-15H2,1H3,(H,25,29)(H,27,28). The van der Waals surface area contributed by atoms with Crippen molar-refractivity contribution in [2.24, 2.45) is 0 Å². The minimum atomic E-state index is -0.821. The molecule has 30 heavy (non-hydrogen) atoms. The Bertz CT molecular complexity index is 859. The number of carbonyl (C=O) groups is 2. The highest BCUT2D eigenvalue weighted by Gasteiger charge is 2.40. The van der Waals surface area contributed by atoms with Gasteiger partial charge in [0.1, 0.15) is 11.4 Å². The first-order chi connectivity index (χ1) is 14.5. The van der Waals surface area contributed by atoms with Crippen LogP contribution in [0, 0.1) is 5.82 Å². The van der Waals surface area contributed by atoms with Gasteiger partial charge >= 0.3 is 0 Å². The molecule has 2 aromatic rings. The van der Waals surface area contributed by atoms with Crippen LogP contribution < -0.4 is 10.6 Å². The van der Waals surface area contributed by atoms with Crippen molar-refractivity contribution in [2.45, 2.75) is 70.3 Å². The molecule has 7 heteroatoms. The lowest BCUT2D eigenvalue weighted by Crippen LogP contribution is -2.59. The normalized spacial score (nSPS) is 15.5. The van der Waals surface area contributed by atoms with Crippen LogP contribution in [0.5, 0.6) is 0 Å². The van der Waals surface area contributed by atoms with E-state index in [4.69, 9.17) is 4.42 Å². The summed E-state index contributed by atoms with van der Waals surface area (Å²) in [5, 5.41) is 5.98. The van der Waals surface area contributed by atoms with Crippen molar-refractivity contribution < 1.29 is 18.4 Å². The molecule has 0 radical (unpaired) electrons. The van der Waals surface area contributed by atoms with Gasteiger partial charge in [0.25, 0.3) is 0 Å². The fraction of sp³-hybridized carbons (Fsp3) is 0.522. The summed E-state index contributed by atoms with van der Waals surface area (Å²) in [5.74, 6) is 0.0393. The second-order valence-electron chi connectivity index (χ2n) is 7.90. The number of carbonyl (C=O) groups excluding carboxylic acids is 2. The SMILES string of the molecule is CCCCNC(=O)C1(NC(=O)CCc2ncc(-c3ccccc3F)o2)CCCCC1. The van der Waals surface area contributed by atoms with Crippen molar-refractivity contribution in [1.29, 1.82) is 0 Å². The Morgan fingerprint density at radius 1 is 1.20 bits per heavy atom. The van der Waals surface area contributed by atoms with Crippen molar-refractivity contribution in [2.75, 3.05) is 6.54 Å². The topological polar surface area (TPSA) is 84.2 Å². The summed E-state index contributed by atoms with van der Waals surface area (Å²) in [7, 11) is 0. The van der Waals surface area contributed by atoms with Gasteiger partial charge < -0.3 is 15.1 Å². The second-order valence-corrected chi connectivity index (χ2v) is 7.90. The van der Waals surface area contributed by atoms with Gasteiger partial charge in [-0.05, 0) is 31.4 Å². The molecule has 1 heterocycles. The van der Waals surface area contributed by atoms with Crippen LogP contribution in [0.25, 0.3) is 11.3 Å². The molecule has 0 spiro atoms. The minimum Gasteiger partial charge on any atom is -0.441 e. The molecule has 3 rings (SSSR count). The average molecular weight is 416 g/mol. The number of unbranched alkanes of at least 4 members (excludes halogenated alkanes) is 1. The molecule has 0 aliphatic heterocycles. The smallest absolute Gasteiger partial charge is 0.245 e. The van der Waals surface area contributed by atoms with E-state index in [2.05, 4.69) is 22.5 Å². The van der Waals surface area contributed by atoms with Gasteiger partial charge in [0.2, 0.25) is 11.8 Å². The van der Waals surface area contributed by atoms with Gasteiger partial charge in [-0.1, -0.05) is 44.7 Å². The highest BCUT2D eigenvalue weighted by atomic mass is 19.1. The van der Waals surface area contributed by atoms with Crippen molar-refractivity contribution >= 4 is 11.8 Å². The first-order valence-corrected chi connectivity index (χ1v) is 10.8. The Labute approximate surface area is 176 Å². The molecule has 162 valence electrons. The summed E-state index contributed by atoms with van der Waals surface area (Å²) >= 11 is 0. The number of hydrogen-bond donors (Lipinski definition) is 2. The second kappa shape index (κ2) is 10.4. The van der Waals surface area contributed by atoms with Crippen molar-refractivity contribution in [3.05, 3.63) is 42.2 Å². The fourth-order valence-electron chi connectivity index (χ4n) is 3.87. The molecule has 1 fully saturated rings. The molecule has 0 atom stereocenters. The van der Waals surface area contributed by atoms with Gasteiger partial charge in [-0.3, -0.25) is 9.59 Å². The lowest BCUT2D eigenvalue weighted by Gasteiger charge is -2.36. The fourth-order valence-corrected chi connectivity index (χ4v) is 3.87. The summed E-state index contributed by atoms with van der Waals surface area (Å²) in [4.78, 5) is 29.6. The Hall–Kier alpha value is -2.70. The quantitative estimate of drug-likeness (QED) is 0.603. The Balaban J connectivity index is 1.58. The number of halogens is 1. The van der Waals surface area contributed by atoms with E-state index in [1.54, 1.807) is 18.2 Å². The molecule has 2 amide bonds. The number of benzene rings is 1. The van der Waals surface area contributed by atoms with Crippen molar-refractivity contribution in [3.8, 4) is 11.3 Å². The van der Waals surface area contributed by atoms with Crippen LogP contribution in [0.2, 0.25) is 0 Å². The molecule has 6 nitrogen and oxygen atoms in total. The minimum absolute atomic E-state index is 0.0815. The summed E-state index contributed by atoms with van der Waals surface area (Å²) in [6, 6.07) is 6.32. The zero-order valence-electron chi connectivity index (χ0n) is 17.5. The molecule has 0 saturated heterocycles. The van der Waals surface area contributed by atoms with Crippen LogP contribution >= 0.6 is 0 Å². The lowest BCUT2D eigenvalue weighted by atomic mass is 9.80. The molecular formula is C23H30FN3O3. The predicted molar refractivity (Wildman–Crippen MR) is 112 cm³/mol. The van der Waals surface area contributed by atoms with E-state index in [1.165, 1.54) is 12.3 Å². The molecule has 2 N–H and O–H groups in total. The maximum Gasteiger partial charge on any atom is 0.245 e. The van der Waals surface area contributed by atoms with Gasteiger partial charge in [-0.15, -0.1) is 0 Å². The predicted octanol–water partition coefficient (Wildman–Crippen LogP) is 4.15. The zero-order valence-corrected chi connectivity index (χ0v) is 17.5. The van der Waals surface area contributed by atoms with Crippen molar-refractivity contribution in [3.63, 3.8) is 0 Å². The molecule has 1 saturated carbocycles. The summed E-state index contributed by atoms with van der Waals surface area (Å²) in [6.45, 7) is 2.70. The van der Waals surface area contributed by atoms with Crippen LogP contribution in [-0.2, 0) is 16.0 Å². The molecule has 1 aromatic heterocycles. The highest BCUT2D eigenvalue weighted by molar-refractivity contribution is 5.91. The third-order valence-electron chi connectivity index (χ3n) is 5.60. The highest BCUT2D eigenvalue weighted by Crippen LogP contribution is 2.29. The average Bonchev–Trinajstić information content (AvgIpc) is 3.22. The van der Waals surface area contributed by atoms with E-state index >= 15 is 0 Å². The van der Waals surface area contributed by atoms with Gasteiger partial charge in [-0.2, -0.15) is 0 Å². The summed E-state index contributed by atoms with van der Waals surface area (Å²) in [6.07, 6.45) is 8.08. The van der Waals surface area contributed by atoms with Crippen LogP contribution in [0.3, 0.4) is 0 Å². The van der Waals surface area contributed by atoms with E-state index in [-0.39, 0.29) is 30.5 Å². The maximum atomic E-state index is 13.9. The zero-order chi connectivity index (χ0) is 21.4. The molecule has 0 bridgehead atoms. The van der Waals surface area contributed by atoms with Crippen LogP contribution in [0.1, 0.15) is 64.2 Å². The Morgan fingerprint density at radius 2 is 1.97 bits per heavy atom. The van der Waals surface area contributed by atoms with Crippen LogP contribution in [-0.4, -0.2) is 28.9 Å². The van der Waals surface area contributed by atoms with Gasteiger partial charge in [0.05, 0.1) is 11.8 Å². The summed E-state index contributed by atoms with van der Waals surface area (Å²) in [5.41, 5.74) is -0.483. The third-order valence-corrected chi connectivity index (χ3v) is 5.60. The molecule has 1 aliphatic carbocycles. The van der Waals surface area contributed by atoms with Gasteiger partial charge in [-0.25, -0.2) is 9.37 Å². The van der Waals surface area contributed by atoms with E-state index in [0.717, 1.165) is 32.1 Å². The lowest BCUT2D eigenvalue weighted by molar-refractivity contribution is -0.135. The van der Waals surface area contributed by atoms with E-state index in [9.17, 15) is 14.0 Å². The van der Waals surface area contributed by atoms with E-state index in [0.29, 0.717) is 36.6 Å². The number of amides is 2. The number of nitrogens with one attached hydrogen (secondary N) is 2. The Morgan fingerprint density at radius 3 is 2.70 bits per heavy atom. The van der Waals surface area contributed by atoms with Crippen molar-refractivity contribution in [1.82, 2.24) is 15.6 Å². The molecule has 0 unspecified atom stereocenters. The molecular weight excluding hydrogens is 385 g/mol. The van der Waals surface area contributed by atoms with Crippen LogP contribution in [0.4, 0.5) is 4.39 Å². The number of rotatable bonds is 9. The third kappa shape index (κ3) is 5.46. The summed E-state index contributed by atoms with van der Waals surface area (Å²) < 4.78 is 19.5. The number of aromatic nitrogens is 1. The van der Waals surface area contributed by atoms with E-state index in [1.807, 2.05) is 0 Å². The largest absolute Gasteiger partial charge is 0.441 e. The van der Waals surface area contributed by atoms with E-state index < -0.39 is 5.54 Å². The maximum absolute atomic E-state index is 13.9. The number of hydrogen-bond acceptors (Lipinski definition) is 4.